The van der Waals surface area contributed by atoms with Gasteiger partial charge in [-0.3, -0.25) is 0 Å². The topological polar surface area (TPSA) is 20.2 Å². The average Bonchev–Trinajstić information content (AvgIpc) is 2.16. The Kier molecular flexibility index (Phi) is 4.38. The third-order valence-corrected chi connectivity index (χ3v) is 2.80. The molecule has 1 N–H and O–H groups in total. The van der Waals surface area contributed by atoms with Gasteiger partial charge in [-0.2, -0.15) is 13.2 Å². The first kappa shape index (κ1) is 13.5. The number of aliphatic hydroxyl groups excluding tert-OH is 1. The number of rotatable bonds is 3. The first-order chi connectivity index (χ1) is 7.36. The van der Waals surface area contributed by atoms with Crippen molar-refractivity contribution in [2.45, 2.75) is 24.3 Å². The number of benzene rings is 1. The summed E-state index contributed by atoms with van der Waals surface area (Å²) in [5.41, 5.74) is 0.244. The SMILES string of the molecule is CC(Br)c1ccc(C(F)(F)F)c(CCO)c1. The summed E-state index contributed by atoms with van der Waals surface area (Å²) >= 11 is 3.30. The van der Waals surface area contributed by atoms with Crippen LogP contribution in [0.2, 0.25) is 0 Å². The lowest BCUT2D eigenvalue weighted by Gasteiger charge is -2.14. The van der Waals surface area contributed by atoms with Crippen molar-refractivity contribution < 1.29 is 18.3 Å². The van der Waals surface area contributed by atoms with E-state index in [0.29, 0.717) is 0 Å². The number of hydrogen-bond donors (Lipinski definition) is 1. The fourth-order valence-electron chi connectivity index (χ4n) is 1.46. The molecule has 0 aliphatic rings. The van der Waals surface area contributed by atoms with Crippen molar-refractivity contribution in [2.24, 2.45) is 0 Å². The van der Waals surface area contributed by atoms with Crippen LogP contribution in [0.4, 0.5) is 13.2 Å². The molecule has 0 amide bonds. The molecule has 1 unspecified atom stereocenters. The quantitative estimate of drug-likeness (QED) is 0.844. The van der Waals surface area contributed by atoms with Crippen molar-refractivity contribution in [3.8, 4) is 0 Å². The molecule has 0 saturated heterocycles. The Morgan fingerprint density at radius 1 is 1.38 bits per heavy atom. The Balaban J connectivity index is 3.19. The molecule has 16 heavy (non-hydrogen) atoms. The van der Waals surface area contributed by atoms with Gasteiger partial charge in [0.05, 0.1) is 5.56 Å². The van der Waals surface area contributed by atoms with Gasteiger partial charge in [-0.1, -0.05) is 28.1 Å². The van der Waals surface area contributed by atoms with Crippen LogP contribution in [0.3, 0.4) is 0 Å². The molecule has 1 atom stereocenters. The van der Waals surface area contributed by atoms with Crippen LogP contribution in [-0.2, 0) is 12.6 Å². The Bertz CT molecular complexity index is 361. The summed E-state index contributed by atoms with van der Waals surface area (Å²) in [6.07, 6.45) is -4.35. The zero-order valence-corrected chi connectivity index (χ0v) is 10.3. The van der Waals surface area contributed by atoms with E-state index in [0.717, 1.165) is 11.6 Å². The Hall–Kier alpha value is -0.550. The summed E-state index contributed by atoms with van der Waals surface area (Å²) in [4.78, 5) is -0.00720. The van der Waals surface area contributed by atoms with Gasteiger partial charge in [-0.25, -0.2) is 0 Å². The van der Waals surface area contributed by atoms with Crippen molar-refractivity contribution >= 4 is 15.9 Å². The molecule has 0 aromatic heterocycles. The minimum absolute atomic E-state index is 0.00720. The lowest BCUT2D eigenvalue weighted by Crippen LogP contribution is -2.10. The van der Waals surface area contributed by atoms with E-state index < -0.39 is 11.7 Å². The van der Waals surface area contributed by atoms with E-state index in [4.69, 9.17) is 5.11 Å². The van der Waals surface area contributed by atoms with E-state index >= 15 is 0 Å². The molecule has 0 aliphatic heterocycles. The predicted molar refractivity (Wildman–Crippen MR) is 59.6 cm³/mol. The van der Waals surface area contributed by atoms with Crippen LogP contribution in [0.15, 0.2) is 18.2 Å². The van der Waals surface area contributed by atoms with Crippen molar-refractivity contribution in [1.82, 2.24) is 0 Å². The van der Waals surface area contributed by atoms with Crippen LogP contribution in [0, 0.1) is 0 Å². The molecular weight excluding hydrogens is 285 g/mol. The van der Waals surface area contributed by atoms with Gasteiger partial charge in [0.25, 0.3) is 0 Å². The van der Waals surface area contributed by atoms with Crippen LogP contribution in [0.1, 0.15) is 28.4 Å². The molecule has 0 saturated carbocycles. The number of halogens is 4. The summed E-state index contributed by atoms with van der Waals surface area (Å²) < 4.78 is 37.8. The van der Waals surface area contributed by atoms with Gasteiger partial charge in [-0.05, 0) is 30.5 Å². The van der Waals surface area contributed by atoms with Gasteiger partial charge >= 0.3 is 6.18 Å². The molecule has 0 heterocycles. The second-order valence-corrected chi connectivity index (χ2v) is 4.88. The number of aliphatic hydroxyl groups is 1. The maximum absolute atomic E-state index is 12.6. The van der Waals surface area contributed by atoms with Gasteiger partial charge in [0.1, 0.15) is 0 Å². The molecule has 0 radical (unpaired) electrons. The van der Waals surface area contributed by atoms with E-state index in [1.807, 2.05) is 6.92 Å². The molecule has 1 aromatic rings. The van der Waals surface area contributed by atoms with Crippen LogP contribution < -0.4 is 0 Å². The lowest BCUT2D eigenvalue weighted by molar-refractivity contribution is -0.138. The second-order valence-electron chi connectivity index (χ2n) is 3.50. The predicted octanol–water partition coefficient (Wildman–Crippen LogP) is 3.70. The normalized spacial score (nSPS) is 13.9. The molecule has 0 bridgehead atoms. The zero-order valence-electron chi connectivity index (χ0n) is 8.68. The molecule has 90 valence electrons. The van der Waals surface area contributed by atoms with Crippen molar-refractivity contribution in [3.05, 3.63) is 34.9 Å². The summed E-state index contributed by atoms with van der Waals surface area (Å²) in [6.45, 7) is 1.55. The summed E-state index contributed by atoms with van der Waals surface area (Å²) in [5, 5.41) is 8.76. The second kappa shape index (κ2) is 5.19. The van der Waals surface area contributed by atoms with Crippen molar-refractivity contribution in [3.63, 3.8) is 0 Å². The van der Waals surface area contributed by atoms with Crippen molar-refractivity contribution in [1.29, 1.82) is 0 Å². The zero-order chi connectivity index (χ0) is 12.3. The largest absolute Gasteiger partial charge is 0.416 e. The minimum Gasteiger partial charge on any atom is -0.396 e. The van der Waals surface area contributed by atoms with Crippen LogP contribution >= 0.6 is 15.9 Å². The molecule has 1 nitrogen and oxygen atoms in total. The highest BCUT2D eigenvalue weighted by atomic mass is 79.9. The minimum atomic E-state index is -4.36. The van der Waals surface area contributed by atoms with E-state index in [1.165, 1.54) is 12.1 Å². The molecular formula is C11H12BrF3O. The maximum atomic E-state index is 12.6. The Morgan fingerprint density at radius 3 is 2.44 bits per heavy atom. The summed E-state index contributed by atoms with van der Waals surface area (Å²) in [5.74, 6) is 0. The van der Waals surface area contributed by atoms with Gasteiger partial charge in [-0.15, -0.1) is 0 Å². The molecule has 1 aromatic carbocycles. The van der Waals surface area contributed by atoms with Crippen molar-refractivity contribution in [2.75, 3.05) is 6.61 Å². The highest BCUT2D eigenvalue weighted by Gasteiger charge is 2.33. The number of hydrogen-bond acceptors (Lipinski definition) is 1. The summed E-state index contributed by atoms with van der Waals surface area (Å²) in [6, 6.07) is 4.00. The first-order valence-electron chi connectivity index (χ1n) is 4.81. The molecule has 0 spiro atoms. The average molecular weight is 297 g/mol. The molecule has 0 aliphatic carbocycles. The Morgan fingerprint density at radius 2 is 2.00 bits per heavy atom. The fraction of sp³-hybridized carbons (Fsp3) is 0.455. The van der Waals surface area contributed by atoms with Crippen LogP contribution in [0.5, 0.6) is 0 Å². The van der Waals surface area contributed by atoms with E-state index in [9.17, 15) is 13.2 Å². The molecule has 0 fully saturated rings. The van der Waals surface area contributed by atoms with E-state index in [2.05, 4.69) is 15.9 Å². The molecule has 5 heteroatoms. The highest BCUT2D eigenvalue weighted by molar-refractivity contribution is 9.09. The monoisotopic (exact) mass is 296 g/mol. The van der Waals surface area contributed by atoms with Gasteiger partial charge < -0.3 is 5.11 Å². The maximum Gasteiger partial charge on any atom is 0.416 e. The fourth-order valence-corrected chi connectivity index (χ4v) is 1.75. The van der Waals surface area contributed by atoms with Gasteiger partial charge in [0, 0.05) is 11.4 Å². The standard InChI is InChI=1S/C11H12BrF3O/c1-7(12)8-2-3-10(11(13,14)15)9(6-8)4-5-16/h2-3,6-7,16H,4-5H2,1H3. The first-order valence-corrected chi connectivity index (χ1v) is 5.72. The van der Waals surface area contributed by atoms with E-state index in [1.54, 1.807) is 0 Å². The van der Waals surface area contributed by atoms with E-state index in [-0.39, 0.29) is 23.4 Å². The Labute approximate surface area is 100 Å². The van der Waals surface area contributed by atoms with Gasteiger partial charge in [0.15, 0.2) is 0 Å². The summed E-state index contributed by atoms with van der Waals surface area (Å²) in [7, 11) is 0. The number of alkyl halides is 4. The van der Waals surface area contributed by atoms with Crippen LogP contribution in [0.25, 0.3) is 0 Å². The van der Waals surface area contributed by atoms with Crippen LogP contribution in [-0.4, -0.2) is 11.7 Å². The smallest absolute Gasteiger partial charge is 0.396 e. The third kappa shape index (κ3) is 3.22. The highest BCUT2D eigenvalue weighted by Crippen LogP contribution is 2.34. The van der Waals surface area contributed by atoms with Gasteiger partial charge in [0.2, 0.25) is 0 Å². The molecule has 1 rings (SSSR count). The third-order valence-electron chi connectivity index (χ3n) is 2.28. The lowest BCUT2D eigenvalue weighted by atomic mass is 10.00.